The summed E-state index contributed by atoms with van der Waals surface area (Å²) < 4.78 is 0. The van der Waals surface area contributed by atoms with Crippen LogP contribution in [0.2, 0.25) is 0 Å². The predicted octanol–water partition coefficient (Wildman–Crippen LogP) is 3.35. The number of amides is 1. The van der Waals surface area contributed by atoms with Crippen LogP contribution in [0.15, 0.2) is 4.90 Å². The number of benzene rings is 1. The van der Waals surface area contributed by atoms with Crippen LogP contribution in [0.5, 0.6) is 0 Å². The fourth-order valence-electron chi connectivity index (χ4n) is 2.03. The molecule has 0 aromatic heterocycles. The van der Waals surface area contributed by atoms with Crippen LogP contribution in [-0.2, 0) is 4.79 Å². The van der Waals surface area contributed by atoms with Gasteiger partial charge < -0.3 is 5.32 Å². The van der Waals surface area contributed by atoms with Crippen molar-refractivity contribution in [2.75, 3.05) is 5.32 Å². The topological polar surface area (TPSA) is 29.1 Å². The van der Waals surface area contributed by atoms with Crippen molar-refractivity contribution in [3.05, 3.63) is 22.3 Å². The number of anilines is 1. The Bertz CT molecular complexity index is 480. The number of nitrogens with one attached hydrogen (secondary N) is 1. The zero-order chi connectivity index (χ0) is 12.0. The second kappa shape index (κ2) is 3.81. The third-order valence-corrected chi connectivity index (χ3v) is 4.86. The van der Waals surface area contributed by atoms with Gasteiger partial charge in [0.15, 0.2) is 0 Å². The number of fused-ring (bicyclic) bond motifs is 1. The Kier molecular flexibility index (Phi) is 2.74. The fourth-order valence-corrected chi connectivity index (χ4v) is 3.20. The summed E-state index contributed by atoms with van der Waals surface area (Å²) in [7, 11) is 0. The van der Waals surface area contributed by atoms with E-state index >= 15 is 0 Å². The van der Waals surface area contributed by atoms with Gasteiger partial charge in [0.05, 0.1) is 10.9 Å². The van der Waals surface area contributed by atoms with Gasteiger partial charge in [0.25, 0.3) is 0 Å². The quantitative estimate of drug-likeness (QED) is 0.747. The van der Waals surface area contributed by atoms with Gasteiger partial charge in [-0.25, -0.2) is 0 Å². The molecule has 2 nitrogen and oxygen atoms in total. The lowest BCUT2D eigenvalue weighted by molar-refractivity contribution is -0.115. The van der Waals surface area contributed by atoms with Crippen LogP contribution in [0.4, 0.5) is 5.69 Å². The third kappa shape index (κ3) is 1.54. The Morgan fingerprint density at radius 3 is 2.19 bits per heavy atom. The lowest BCUT2D eigenvalue weighted by atomic mass is 9.97. The molecule has 0 aliphatic carbocycles. The summed E-state index contributed by atoms with van der Waals surface area (Å²) in [6, 6.07) is 0. The van der Waals surface area contributed by atoms with Crippen molar-refractivity contribution >= 4 is 23.4 Å². The van der Waals surface area contributed by atoms with Crippen LogP contribution in [0.1, 0.15) is 29.2 Å². The van der Waals surface area contributed by atoms with E-state index in [-0.39, 0.29) is 11.2 Å². The molecule has 1 atom stereocenters. The molecular weight excluding hydrogens is 218 g/mol. The van der Waals surface area contributed by atoms with E-state index in [0.29, 0.717) is 0 Å². The van der Waals surface area contributed by atoms with Gasteiger partial charge in [-0.1, -0.05) is 0 Å². The van der Waals surface area contributed by atoms with Crippen LogP contribution in [0.3, 0.4) is 0 Å². The molecule has 1 heterocycles. The number of thioether (sulfide) groups is 1. The molecule has 1 aromatic rings. The highest BCUT2D eigenvalue weighted by atomic mass is 32.2. The van der Waals surface area contributed by atoms with E-state index in [0.717, 1.165) is 5.69 Å². The molecule has 0 bridgehead atoms. The normalized spacial score (nSPS) is 19.3. The molecule has 0 saturated carbocycles. The lowest BCUT2D eigenvalue weighted by Crippen LogP contribution is -2.27. The summed E-state index contributed by atoms with van der Waals surface area (Å²) in [5, 5.41) is 3.03. The van der Waals surface area contributed by atoms with Crippen molar-refractivity contribution in [3.8, 4) is 0 Å². The summed E-state index contributed by atoms with van der Waals surface area (Å²) in [4.78, 5) is 12.9. The Labute approximate surface area is 101 Å². The molecule has 2 rings (SSSR count). The number of rotatable bonds is 0. The van der Waals surface area contributed by atoms with E-state index in [1.165, 1.54) is 27.1 Å². The average molecular weight is 235 g/mol. The molecule has 3 heteroatoms. The Morgan fingerprint density at radius 2 is 1.56 bits per heavy atom. The minimum atomic E-state index is 0.00714. The molecule has 1 amide bonds. The van der Waals surface area contributed by atoms with E-state index in [1.54, 1.807) is 11.8 Å². The van der Waals surface area contributed by atoms with Gasteiger partial charge in [0.2, 0.25) is 5.91 Å². The van der Waals surface area contributed by atoms with Crippen molar-refractivity contribution in [2.45, 2.75) is 44.8 Å². The van der Waals surface area contributed by atoms with Crippen molar-refractivity contribution in [1.82, 2.24) is 0 Å². The molecule has 1 aliphatic heterocycles. The Balaban J connectivity index is 2.69. The molecule has 0 spiro atoms. The molecular formula is C13H17NOS. The van der Waals surface area contributed by atoms with E-state index in [9.17, 15) is 4.79 Å². The second-order valence-corrected chi connectivity index (χ2v) is 5.80. The summed E-state index contributed by atoms with van der Waals surface area (Å²) in [5.41, 5.74) is 6.15. The zero-order valence-corrected chi connectivity index (χ0v) is 11.2. The van der Waals surface area contributed by atoms with Gasteiger partial charge in [-0.3, -0.25) is 4.79 Å². The van der Waals surface area contributed by atoms with Crippen LogP contribution in [0.25, 0.3) is 0 Å². The first kappa shape index (κ1) is 11.5. The standard InChI is InChI=1S/C13H17NOS/c1-6-7(2)9(4)12-11(8(6)3)14-13(15)10(5)16-12/h10H,1-5H3,(H,14,15). The van der Waals surface area contributed by atoms with Crippen molar-refractivity contribution in [3.63, 3.8) is 0 Å². The van der Waals surface area contributed by atoms with Crippen LogP contribution in [-0.4, -0.2) is 11.2 Å². The highest BCUT2D eigenvalue weighted by Crippen LogP contribution is 2.42. The molecule has 1 unspecified atom stereocenters. The first-order chi connectivity index (χ1) is 7.43. The highest BCUT2D eigenvalue weighted by Gasteiger charge is 2.27. The van der Waals surface area contributed by atoms with Gasteiger partial charge in [0.1, 0.15) is 0 Å². The monoisotopic (exact) mass is 235 g/mol. The first-order valence-corrected chi connectivity index (χ1v) is 6.39. The summed E-state index contributed by atoms with van der Waals surface area (Å²) in [6.07, 6.45) is 0. The average Bonchev–Trinajstić information content (AvgIpc) is 2.26. The Hall–Kier alpha value is -0.960. The minimum absolute atomic E-state index is 0.00714. The summed E-state index contributed by atoms with van der Waals surface area (Å²) in [6.45, 7) is 10.4. The van der Waals surface area contributed by atoms with Crippen molar-refractivity contribution in [1.29, 1.82) is 0 Å². The van der Waals surface area contributed by atoms with E-state index in [4.69, 9.17) is 0 Å². The van der Waals surface area contributed by atoms with Gasteiger partial charge in [-0.2, -0.15) is 0 Å². The second-order valence-electron chi connectivity index (χ2n) is 4.45. The maximum absolute atomic E-state index is 11.7. The predicted molar refractivity (Wildman–Crippen MR) is 69.3 cm³/mol. The van der Waals surface area contributed by atoms with E-state index in [2.05, 4.69) is 33.0 Å². The maximum atomic E-state index is 11.7. The molecule has 0 fully saturated rings. The molecule has 0 radical (unpaired) electrons. The fraction of sp³-hybridized carbons (Fsp3) is 0.462. The number of hydrogen-bond acceptors (Lipinski definition) is 2. The van der Waals surface area contributed by atoms with Crippen LogP contribution >= 0.6 is 11.8 Å². The minimum Gasteiger partial charge on any atom is -0.324 e. The third-order valence-electron chi connectivity index (χ3n) is 3.54. The molecule has 0 saturated heterocycles. The zero-order valence-electron chi connectivity index (χ0n) is 10.4. The summed E-state index contributed by atoms with van der Waals surface area (Å²) >= 11 is 1.67. The molecule has 1 aromatic carbocycles. The molecule has 16 heavy (non-hydrogen) atoms. The maximum Gasteiger partial charge on any atom is 0.237 e. The van der Waals surface area contributed by atoms with Gasteiger partial charge >= 0.3 is 0 Å². The summed E-state index contributed by atoms with van der Waals surface area (Å²) in [5.74, 6) is 0.114. The lowest BCUT2D eigenvalue weighted by Gasteiger charge is -2.27. The largest absolute Gasteiger partial charge is 0.324 e. The van der Waals surface area contributed by atoms with Gasteiger partial charge in [-0.15, -0.1) is 11.8 Å². The van der Waals surface area contributed by atoms with E-state index < -0.39 is 0 Å². The van der Waals surface area contributed by atoms with Crippen molar-refractivity contribution < 1.29 is 4.79 Å². The van der Waals surface area contributed by atoms with Crippen LogP contribution in [0, 0.1) is 27.7 Å². The molecule has 1 aliphatic rings. The van der Waals surface area contributed by atoms with Gasteiger partial charge in [-0.05, 0) is 56.9 Å². The highest BCUT2D eigenvalue weighted by molar-refractivity contribution is 8.01. The Morgan fingerprint density at radius 1 is 1.00 bits per heavy atom. The number of carbonyl (C=O) groups is 1. The number of carbonyl (C=O) groups excluding carboxylic acids is 1. The van der Waals surface area contributed by atoms with Crippen molar-refractivity contribution in [2.24, 2.45) is 0 Å². The molecule has 1 N–H and O–H groups in total. The first-order valence-electron chi connectivity index (χ1n) is 5.51. The SMILES string of the molecule is Cc1c(C)c(C)c2c(c1C)NC(=O)C(C)S2. The molecule has 86 valence electrons. The smallest absolute Gasteiger partial charge is 0.237 e. The van der Waals surface area contributed by atoms with Gasteiger partial charge in [0, 0.05) is 4.90 Å². The number of hydrogen-bond donors (Lipinski definition) is 1. The van der Waals surface area contributed by atoms with Crippen LogP contribution < -0.4 is 5.32 Å². The van der Waals surface area contributed by atoms with E-state index in [1.807, 2.05) is 6.92 Å².